The predicted octanol–water partition coefficient (Wildman–Crippen LogP) is 0.539. The number of anilines is 1. The molecule has 0 aromatic heterocycles. The number of nitrogens with two attached hydrogens (primary N) is 1. The Morgan fingerprint density at radius 3 is 2.76 bits per heavy atom. The van der Waals surface area contributed by atoms with E-state index in [-0.39, 0.29) is 24.6 Å². The highest BCUT2D eigenvalue weighted by atomic mass is 16.3. The van der Waals surface area contributed by atoms with Gasteiger partial charge in [-0.2, -0.15) is 0 Å². The van der Waals surface area contributed by atoms with Crippen LogP contribution in [0.5, 0.6) is 5.75 Å². The summed E-state index contributed by atoms with van der Waals surface area (Å²) in [6.07, 6.45) is 0.143. The zero-order valence-corrected chi connectivity index (χ0v) is 9.51. The lowest BCUT2D eigenvalue weighted by Crippen LogP contribution is -2.28. The summed E-state index contributed by atoms with van der Waals surface area (Å²) < 4.78 is 0. The number of nitrogens with zero attached hydrogens (tertiary/aromatic N) is 1. The largest absolute Gasteiger partial charge is 0.508 e. The van der Waals surface area contributed by atoms with Gasteiger partial charge in [-0.25, -0.2) is 0 Å². The Hall–Kier alpha value is -2.04. The second-order valence-electron chi connectivity index (χ2n) is 4.28. The predicted molar refractivity (Wildman–Crippen MR) is 62.5 cm³/mol. The van der Waals surface area contributed by atoms with Crippen molar-refractivity contribution in [2.75, 3.05) is 11.4 Å². The van der Waals surface area contributed by atoms with E-state index in [1.54, 1.807) is 19.1 Å². The van der Waals surface area contributed by atoms with Crippen LogP contribution in [0.4, 0.5) is 5.69 Å². The van der Waals surface area contributed by atoms with Gasteiger partial charge in [0.25, 0.3) is 0 Å². The molecular formula is C12H14N2O3. The van der Waals surface area contributed by atoms with Crippen LogP contribution in [0, 0.1) is 12.8 Å². The van der Waals surface area contributed by atoms with Gasteiger partial charge < -0.3 is 15.7 Å². The van der Waals surface area contributed by atoms with Crippen molar-refractivity contribution >= 4 is 17.5 Å². The van der Waals surface area contributed by atoms with Gasteiger partial charge in [0.1, 0.15) is 5.75 Å². The van der Waals surface area contributed by atoms with E-state index < -0.39 is 11.8 Å². The first kappa shape index (κ1) is 11.4. The number of benzene rings is 1. The molecule has 0 spiro atoms. The molecular weight excluding hydrogens is 220 g/mol. The van der Waals surface area contributed by atoms with Crippen LogP contribution in [-0.4, -0.2) is 23.5 Å². The maximum absolute atomic E-state index is 11.7. The summed E-state index contributed by atoms with van der Waals surface area (Å²) >= 11 is 0. The van der Waals surface area contributed by atoms with Gasteiger partial charge in [-0.05, 0) is 18.6 Å². The lowest BCUT2D eigenvalue weighted by Gasteiger charge is -2.16. The summed E-state index contributed by atoms with van der Waals surface area (Å²) in [7, 11) is 0. The first-order valence-electron chi connectivity index (χ1n) is 5.38. The molecule has 1 heterocycles. The number of carbonyl (C=O) groups is 2. The van der Waals surface area contributed by atoms with Crippen LogP contribution in [-0.2, 0) is 9.59 Å². The fourth-order valence-corrected chi connectivity index (χ4v) is 1.91. The number of phenols is 1. The summed E-state index contributed by atoms with van der Waals surface area (Å²) in [6, 6.07) is 5.00. The molecule has 90 valence electrons. The van der Waals surface area contributed by atoms with Crippen LogP contribution in [0.25, 0.3) is 0 Å². The average Bonchev–Trinajstić information content (AvgIpc) is 2.65. The van der Waals surface area contributed by atoms with Crippen LogP contribution < -0.4 is 10.6 Å². The zero-order valence-electron chi connectivity index (χ0n) is 9.51. The summed E-state index contributed by atoms with van der Waals surface area (Å²) in [5.41, 5.74) is 6.53. The standard InChI is InChI=1S/C12H14N2O3/c1-7-2-3-9(5-10(7)15)14-6-8(12(13)17)4-11(14)16/h2-3,5,8,15H,4,6H2,1H3,(H2,13,17). The smallest absolute Gasteiger partial charge is 0.227 e. The second kappa shape index (κ2) is 4.08. The molecule has 1 saturated heterocycles. The maximum Gasteiger partial charge on any atom is 0.227 e. The van der Waals surface area contributed by atoms with Gasteiger partial charge >= 0.3 is 0 Å². The first-order chi connectivity index (χ1) is 7.99. The van der Waals surface area contributed by atoms with E-state index in [1.165, 1.54) is 11.0 Å². The van der Waals surface area contributed by atoms with Gasteiger partial charge in [0, 0.05) is 24.7 Å². The van der Waals surface area contributed by atoms with E-state index in [4.69, 9.17) is 5.73 Å². The molecule has 0 radical (unpaired) electrons. The van der Waals surface area contributed by atoms with Crippen molar-refractivity contribution in [2.24, 2.45) is 11.7 Å². The van der Waals surface area contributed by atoms with Crippen molar-refractivity contribution in [2.45, 2.75) is 13.3 Å². The zero-order chi connectivity index (χ0) is 12.6. The van der Waals surface area contributed by atoms with Crippen molar-refractivity contribution in [3.63, 3.8) is 0 Å². The third kappa shape index (κ3) is 2.08. The molecule has 1 unspecified atom stereocenters. The lowest BCUT2D eigenvalue weighted by molar-refractivity contribution is -0.123. The van der Waals surface area contributed by atoms with E-state index in [0.29, 0.717) is 5.69 Å². The van der Waals surface area contributed by atoms with Crippen LogP contribution in [0.2, 0.25) is 0 Å². The molecule has 5 nitrogen and oxygen atoms in total. The average molecular weight is 234 g/mol. The van der Waals surface area contributed by atoms with Gasteiger partial charge in [0.15, 0.2) is 0 Å². The maximum atomic E-state index is 11.7. The van der Waals surface area contributed by atoms with Crippen molar-refractivity contribution in [1.82, 2.24) is 0 Å². The van der Waals surface area contributed by atoms with Gasteiger partial charge in [-0.3, -0.25) is 9.59 Å². The van der Waals surface area contributed by atoms with E-state index >= 15 is 0 Å². The van der Waals surface area contributed by atoms with Gasteiger partial charge in [0.05, 0.1) is 5.92 Å². The molecule has 3 N–H and O–H groups in total. The van der Waals surface area contributed by atoms with E-state index in [0.717, 1.165) is 5.56 Å². The minimum atomic E-state index is -0.461. The first-order valence-corrected chi connectivity index (χ1v) is 5.38. The summed E-state index contributed by atoms with van der Waals surface area (Å²) in [5, 5.41) is 9.59. The van der Waals surface area contributed by atoms with Crippen molar-refractivity contribution in [1.29, 1.82) is 0 Å². The minimum Gasteiger partial charge on any atom is -0.508 e. The van der Waals surface area contributed by atoms with Gasteiger partial charge in [0.2, 0.25) is 11.8 Å². The number of hydrogen-bond donors (Lipinski definition) is 2. The monoisotopic (exact) mass is 234 g/mol. The normalized spacial score (nSPS) is 19.7. The molecule has 1 aromatic rings. The third-order valence-electron chi connectivity index (χ3n) is 3.03. The molecule has 2 amide bonds. The molecule has 1 aliphatic rings. The van der Waals surface area contributed by atoms with Gasteiger partial charge in [-0.1, -0.05) is 6.07 Å². The number of carbonyl (C=O) groups excluding carboxylic acids is 2. The Bertz CT molecular complexity index is 485. The van der Waals surface area contributed by atoms with Crippen molar-refractivity contribution in [3.05, 3.63) is 23.8 Å². The van der Waals surface area contributed by atoms with Crippen LogP contribution in [0.3, 0.4) is 0 Å². The molecule has 1 aliphatic heterocycles. The molecule has 1 atom stereocenters. The molecule has 1 fully saturated rings. The molecule has 2 rings (SSSR count). The van der Waals surface area contributed by atoms with Crippen LogP contribution in [0.1, 0.15) is 12.0 Å². The van der Waals surface area contributed by atoms with Crippen molar-refractivity contribution < 1.29 is 14.7 Å². The number of amides is 2. The fourth-order valence-electron chi connectivity index (χ4n) is 1.91. The molecule has 1 aromatic carbocycles. The lowest BCUT2D eigenvalue weighted by atomic mass is 10.1. The van der Waals surface area contributed by atoms with Crippen LogP contribution in [0.15, 0.2) is 18.2 Å². The summed E-state index contributed by atoms with van der Waals surface area (Å²) in [4.78, 5) is 24.2. The van der Waals surface area contributed by atoms with E-state index in [9.17, 15) is 14.7 Å². The molecule has 5 heteroatoms. The quantitative estimate of drug-likeness (QED) is 0.783. The van der Waals surface area contributed by atoms with Gasteiger partial charge in [-0.15, -0.1) is 0 Å². The number of rotatable bonds is 2. The number of aryl methyl sites for hydroxylation is 1. The van der Waals surface area contributed by atoms with Crippen molar-refractivity contribution in [3.8, 4) is 5.75 Å². The fraction of sp³-hybridized carbons (Fsp3) is 0.333. The molecule has 0 saturated carbocycles. The highest BCUT2D eigenvalue weighted by molar-refractivity contribution is 6.00. The molecule has 17 heavy (non-hydrogen) atoms. The summed E-state index contributed by atoms with van der Waals surface area (Å²) in [6.45, 7) is 2.06. The Balaban J connectivity index is 2.26. The number of hydrogen-bond acceptors (Lipinski definition) is 3. The van der Waals surface area contributed by atoms with Crippen LogP contribution >= 0.6 is 0 Å². The number of primary amides is 1. The number of aromatic hydroxyl groups is 1. The minimum absolute atomic E-state index is 0.137. The summed E-state index contributed by atoms with van der Waals surface area (Å²) in [5.74, 6) is -0.905. The highest BCUT2D eigenvalue weighted by Gasteiger charge is 2.33. The third-order valence-corrected chi connectivity index (χ3v) is 3.03. The topological polar surface area (TPSA) is 83.6 Å². The molecule has 0 aliphatic carbocycles. The molecule has 0 bridgehead atoms. The Labute approximate surface area is 98.8 Å². The Kier molecular flexibility index (Phi) is 2.75. The number of phenolic OH excluding ortho intramolecular Hbond substituents is 1. The second-order valence-corrected chi connectivity index (χ2v) is 4.28. The van der Waals surface area contributed by atoms with E-state index in [1.807, 2.05) is 0 Å². The SMILES string of the molecule is Cc1ccc(N2CC(C(N)=O)CC2=O)cc1O. The van der Waals surface area contributed by atoms with E-state index in [2.05, 4.69) is 0 Å². The highest BCUT2D eigenvalue weighted by Crippen LogP contribution is 2.29. The Morgan fingerprint density at radius 2 is 2.24 bits per heavy atom. The Morgan fingerprint density at radius 1 is 1.53 bits per heavy atom.